The number of alkyl halides is 9. The van der Waals surface area contributed by atoms with Gasteiger partial charge in [0.1, 0.15) is 0 Å². The molecule has 1 aromatic heterocycles. The van der Waals surface area contributed by atoms with Crippen LogP contribution in [0.4, 0.5) is 39.5 Å². The van der Waals surface area contributed by atoms with Gasteiger partial charge in [-0.1, -0.05) is 6.92 Å². The second kappa shape index (κ2) is 6.93. The number of hydrogen-bond acceptors (Lipinski definition) is 3. The van der Waals surface area contributed by atoms with E-state index in [1.807, 2.05) is 0 Å². The number of halogens is 9. The summed E-state index contributed by atoms with van der Waals surface area (Å²) in [5, 5.41) is 3.13. The molecule has 1 aliphatic heterocycles. The van der Waals surface area contributed by atoms with E-state index < -0.39 is 42.2 Å². The van der Waals surface area contributed by atoms with Crippen LogP contribution in [-0.2, 0) is 0 Å². The molecule has 2 heterocycles. The monoisotopic (exact) mass is 430 g/mol. The van der Waals surface area contributed by atoms with E-state index in [2.05, 4.69) is 0 Å². The Morgan fingerprint density at radius 3 is 1.78 bits per heavy atom. The molecule has 0 unspecified atom stereocenters. The van der Waals surface area contributed by atoms with Gasteiger partial charge >= 0.3 is 23.9 Å². The van der Waals surface area contributed by atoms with Gasteiger partial charge in [-0.2, -0.15) is 39.5 Å². The maximum atomic E-state index is 13.8. The van der Waals surface area contributed by atoms with E-state index in [1.165, 1.54) is 18.3 Å². The van der Waals surface area contributed by atoms with Gasteiger partial charge in [0.15, 0.2) is 11.5 Å². The minimum atomic E-state index is -6.87. The van der Waals surface area contributed by atoms with Gasteiger partial charge in [0, 0.05) is 22.6 Å². The maximum absolute atomic E-state index is 13.8. The highest BCUT2D eigenvalue weighted by molar-refractivity contribution is 7.08. The molecule has 0 spiro atoms. The Bertz CT molecular complexity index is 631. The van der Waals surface area contributed by atoms with Gasteiger partial charge in [0.05, 0.1) is 13.2 Å². The van der Waals surface area contributed by atoms with Crippen molar-refractivity contribution in [1.29, 1.82) is 0 Å². The van der Waals surface area contributed by atoms with Crippen molar-refractivity contribution in [1.82, 2.24) is 0 Å². The second-order valence-corrected chi connectivity index (χ2v) is 7.13. The molecule has 156 valence electrons. The molecule has 0 saturated carbocycles. The first-order chi connectivity index (χ1) is 12.2. The van der Waals surface area contributed by atoms with E-state index in [0.717, 1.165) is 0 Å². The highest BCUT2D eigenvalue weighted by atomic mass is 32.1. The smallest absolute Gasteiger partial charge is 0.460 e. The van der Waals surface area contributed by atoms with E-state index in [-0.39, 0.29) is 19.6 Å². The zero-order valence-corrected chi connectivity index (χ0v) is 14.6. The van der Waals surface area contributed by atoms with Crippen molar-refractivity contribution >= 4 is 11.3 Å². The minimum absolute atomic E-state index is 0.0953. The Morgan fingerprint density at radius 2 is 1.37 bits per heavy atom. The predicted octanol–water partition coefficient (Wildman–Crippen LogP) is 6.16. The second-order valence-electron chi connectivity index (χ2n) is 6.38. The fourth-order valence-electron chi connectivity index (χ4n) is 2.50. The summed E-state index contributed by atoms with van der Waals surface area (Å²) in [6, 6.07) is 0. The van der Waals surface area contributed by atoms with Crippen LogP contribution in [0.15, 0.2) is 10.8 Å². The minimum Gasteiger partial charge on any atom is -0.488 e. The summed E-state index contributed by atoms with van der Waals surface area (Å²) in [5.74, 6) is -18.4. The molecule has 0 atom stereocenters. The first-order valence-electron chi connectivity index (χ1n) is 7.71. The molecule has 0 aromatic carbocycles. The van der Waals surface area contributed by atoms with Crippen molar-refractivity contribution in [2.75, 3.05) is 13.2 Å². The maximum Gasteiger partial charge on any atom is 0.460 e. The van der Waals surface area contributed by atoms with E-state index in [0.29, 0.717) is 11.5 Å². The Balaban J connectivity index is 2.16. The summed E-state index contributed by atoms with van der Waals surface area (Å²) < 4.78 is 128. The van der Waals surface area contributed by atoms with E-state index in [1.54, 1.807) is 10.8 Å². The highest BCUT2D eigenvalue weighted by Gasteiger charge is 2.81. The Hall–Kier alpha value is -1.33. The Labute approximate surface area is 152 Å². The molecule has 0 bridgehead atoms. The molecule has 0 amide bonds. The van der Waals surface area contributed by atoms with Crippen LogP contribution in [0.2, 0.25) is 0 Å². The molecular weight excluding hydrogens is 415 g/mol. The summed E-state index contributed by atoms with van der Waals surface area (Å²) in [7, 11) is 0. The summed E-state index contributed by atoms with van der Waals surface area (Å²) in [6.45, 7) is 1.06. The zero-order valence-electron chi connectivity index (χ0n) is 13.8. The van der Waals surface area contributed by atoms with Crippen LogP contribution in [-0.4, -0.2) is 37.2 Å². The SMILES string of the molecule is CCC1(CCC(F)(F)C(F)(F)C(F)(F)C(F)(F)F)COc2cscc2OC1. The largest absolute Gasteiger partial charge is 0.488 e. The molecule has 27 heavy (non-hydrogen) atoms. The molecule has 0 saturated heterocycles. The fourth-order valence-corrected chi connectivity index (χ4v) is 3.18. The average Bonchev–Trinajstić information content (AvgIpc) is 2.94. The van der Waals surface area contributed by atoms with E-state index in [4.69, 9.17) is 9.47 Å². The van der Waals surface area contributed by atoms with Crippen molar-refractivity contribution in [3.8, 4) is 11.5 Å². The van der Waals surface area contributed by atoms with Crippen molar-refractivity contribution in [3.63, 3.8) is 0 Å². The molecule has 0 aliphatic carbocycles. The number of fused-ring (bicyclic) bond motifs is 1. The quantitative estimate of drug-likeness (QED) is 0.503. The molecule has 2 nitrogen and oxygen atoms in total. The highest BCUT2D eigenvalue weighted by Crippen LogP contribution is 2.55. The summed E-state index contributed by atoms with van der Waals surface area (Å²) in [4.78, 5) is 0. The van der Waals surface area contributed by atoms with Gasteiger partial charge in [-0.25, -0.2) is 0 Å². The molecule has 0 radical (unpaired) electrons. The van der Waals surface area contributed by atoms with Crippen molar-refractivity contribution in [3.05, 3.63) is 10.8 Å². The van der Waals surface area contributed by atoms with Gasteiger partial charge in [0.25, 0.3) is 0 Å². The molecule has 12 heteroatoms. The van der Waals surface area contributed by atoms with Crippen LogP contribution in [0.5, 0.6) is 11.5 Å². The van der Waals surface area contributed by atoms with Crippen LogP contribution >= 0.6 is 11.3 Å². The van der Waals surface area contributed by atoms with Crippen molar-refractivity contribution in [2.24, 2.45) is 5.41 Å². The Kier molecular flexibility index (Phi) is 5.63. The third-order valence-electron chi connectivity index (χ3n) is 4.59. The van der Waals surface area contributed by atoms with Crippen LogP contribution in [0, 0.1) is 5.41 Å². The number of hydrogen-bond donors (Lipinski definition) is 0. The normalized spacial score (nSPS) is 18.3. The first kappa shape index (κ1) is 22.0. The number of thiophene rings is 1. The third kappa shape index (κ3) is 3.81. The van der Waals surface area contributed by atoms with Crippen molar-refractivity contribution in [2.45, 2.75) is 50.1 Å². The van der Waals surface area contributed by atoms with Gasteiger partial charge in [-0.15, -0.1) is 11.3 Å². The lowest BCUT2D eigenvalue weighted by atomic mass is 9.80. The predicted molar refractivity (Wildman–Crippen MR) is 78.2 cm³/mol. The third-order valence-corrected chi connectivity index (χ3v) is 5.29. The lowest BCUT2D eigenvalue weighted by Gasteiger charge is -2.36. The molecule has 0 N–H and O–H groups in total. The number of rotatable bonds is 6. The molecule has 1 aliphatic rings. The van der Waals surface area contributed by atoms with Crippen LogP contribution in [0.25, 0.3) is 0 Å². The lowest BCUT2D eigenvalue weighted by Crippen LogP contribution is -2.61. The average molecular weight is 430 g/mol. The van der Waals surface area contributed by atoms with E-state index >= 15 is 0 Å². The molecule has 0 fully saturated rings. The fraction of sp³-hybridized carbons (Fsp3) is 0.733. The first-order valence-corrected chi connectivity index (χ1v) is 8.65. The standard InChI is InChI=1S/C15H15F9O2S/c1-2-11(7-25-9-5-27-6-10(9)26-8-11)3-4-12(16,17)13(18,19)14(20,21)15(22,23)24/h5-6H,2-4,7-8H2,1H3. The van der Waals surface area contributed by atoms with Gasteiger partial charge in [-0.05, 0) is 12.8 Å². The topological polar surface area (TPSA) is 18.5 Å². The summed E-state index contributed by atoms with van der Waals surface area (Å²) >= 11 is 1.24. The van der Waals surface area contributed by atoms with E-state index in [9.17, 15) is 39.5 Å². The summed E-state index contributed by atoms with van der Waals surface area (Å²) in [6.07, 6.45) is -9.41. The molecular formula is C15H15F9O2S. The zero-order chi connectivity index (χ0) is 20.7. The summed E-state index contributed by atoms with van der Waals surface area (Å²) in [5.41, 5.74) is -1.25. The number of ether oxygens (including phenoxy) is 2. The van der Waals surface area contributed by atoms with Crippen LogP contribution < -0.4 is 9.47 Å². The van der Waals surface area contributed by atoms with Crippen LogP contribution in [0.3, 0.4) is 0 Å². The molecule has 1 aromatic rings. The lowest BCUT2D eigenvalue weighted by molar-refractivity contribution is -0.397. The van der Waals surface area contributed by atoms with Crippen molar-refractivity contribution < 1.29 is 49.0 Å². The van der Waals surface area contributed by atoms with Gasteiger partial charge in [0.2, 0.25) is 0 Å². The van der Waals surface area contributed by atoms with Gasteiger partial charge in [-0.3, -0.25) is 0 Å². The van der Waals surface area contributed by atoms with Gasteiger partial charge < -0.3 is 9.47 Å². The molecule has 2 rings (SSSR count). The van der Waals surface area contributed by atoms with Crippen LogP contribution in [0.1, 0.15) is 26.2 Å². The Morgan fingerprint density at radius 1 is 0.889 bits per heavy atom.